The molecule has 1 fully saturated rings. The van der Waals surface area contributed by atoms with Crippen LogP contribution in [0.3, 0.4) is 0 Å². The molecule has 0 aliphatic carbocycles. The first-order chi connectivity index (χ1) is 18.1. The zero-order valence-electron chi connectivity index (χ0n) is 22.4. The number of fused-ring (bicyclic) bond motifs is 3. The molecule has 38 heavy (non-hydrogen) atoms. The normalized spacial score (nSPS) is 16.6. The van der Waals surface area contributed by atoms with Gasteiger partial charge in [0.25, 0.3) is 0 Å². The van der Waals surface area contributed by atoms with Gasteiger partial charge in [0.1, 0.15) is 0 Å². The number of hydrogen-bond donors (Lipinski definition) is 3. The Labute approximate surface area is 228 Å². The largest absolute Gasteiger partial charge is 0.401 e. The number of rotatable bonds is 6. The van der Waals surface area contributed by atoms with Crippen LogP contribution in [0.5, 0.6) is 0 Å². The van der Waals surface area contributed by atoms with Crippen LogP contribution in [0, 0.1) is 5.92 Å². The minimum Gasteiger partial charge on any atom is -0.401 e. The number of ether oxygens (including phenoxy) is 1. The van der Waals surface area contributed by atoms with E-state index in [0.717, 1.165) is 59.1 Å². The highest BCUT2D eigenvalue weighted by atomic mass is 35.5. The minimum absolute atomic E-state index is 0.00674. The molecule has 0 spiro atoms. The molecule has 8 heteroatoms. The summed E-state index contributed by atoms with van der Waals surface area (Å²) in [5.74, 6) is 6.54. The third-order valence-corrected chi connectivity index (χ3v) is 7.83. The Bertz CT molecular complexity index is 1490. The highest BCUT2D eigenvalue weighted by molar-refractivity contribution is 6.38. The van der Waals surface area contributed by atoms with Gasteiger partial charge < -0.3 is 25.2 Å². The van der Waals surface area contributed by atoms with Crippen LogP contribution in [0.4, 0.5) is 0 Å². The summed E-state index contributed by atoms with van der Waals surface area (Å²) in [6.45, 7) is 6.83. The van der Waals surface area contributed by atoms with E-state index in [4.69, 9.17) is 32.9 Å². The van der Waals surface area contributed by atoms with Crippen LogP contribution >= 0.6 is 11.6 Å². The Kier molecular flexibility index (Phi) is 7.13. The fraction of sp³-hybridized carbons (Fsp3) is 0.367. The molecule has 0 radical (unpaired) electrons. The fourth-order valence-electron chi connectivity index (χ4n) is 5.77. The Hall–Kier alpha value is -3.10. The molecular weight excluding hydrogens is 498 g/mol. The van der Waals surface area contributed by atoms with Gasteiger partial charge in [0.15, 0.2) is 0 Å². The topological polar surface area (TPSA) is 103 Å². The average molecular weight is 534 g/mol. The van der Waals surface area contributed by atoms with Crippen LogP contribution in [0.2, 0.25) is 5.02 Å². The second kappa shape index (κ2) is 10.2. The zero-order chi connectivity index (χ0) is 27.2. The molecule has 1 aliphatic heterocycles. The Morgan fingerprint density at radius 1 is 1.16 bits per heavy atom. The van der Waals surface area contributed by atoms with E-state index in [1.165, 1.54) is 10.6 Å². The molecule has 5 rings (SSSR count). The van der Waals surface area contributed by atoms with Crippen LogP contribution in [-0.4, -0.2) is 39.9 Å². The van der Waals surface area contributed by atoms with Gasteiger partial charge in [-0.3, -0.25) is 4.98 Å². The molecule has 2 aromatic heterocycles. The van der Waals surface area contributed by atoms with Gasteiger partial charge in [-0.25, -0.2) is 5.84 Å². The van der Waals surface area contributed by atoms with Crippen molar-refractivity contribution >= 4 is 39.2 Å². The van der Waals surface area contributed by atoms with Crippen molar-refractivity contribution in [2.24, 2.45) is 17.5 Å². The summed E-state index contributed by atoms with van der Waals surface area (Å²) in [6, 6.07) is 16.6. The highest BCUT2D eigenvalue weighted by Gasteiger charge is 2.31. The van der Waals surface area contributed by atoms with Gasteiger partial charge >= 0.3 is 0 Å². The predicted molar refractivity (Wildman–Crippen MR) is 154 cm³/mol. The molecule has 5 N–H and O–H groups in total. The lowest BCUT2D eigenvalue weighted by molar-refractivity contribution is 0.0552. The van der Waals surface area contributed by atoms with Crippen molar-refractivity contribution in [2.75, 3.05) is 20.3 Å². The fourth-order valence-corrected chi connectivity index (χ4v) is 6.07. The molecule has 2 aromatic carbocycles. The van der Waals surface area contributed by atoms with Crippen molar-refractivity contribution in [3.8, 4) is 0 Å². The molecular formula is C30H36ClN5O2. The maximum atomic E-state index is 10.9. The first kappa shape index (κ1) is 26.5. The number of hydrazine groups is 1. The Morgan fingerprint density at radius 3 is 2.45 bits per heavy atom. The van der Waals surface area contributed by atoms with Crippen LogP contribution in [0.15, 0.2) is 60.4 Å². The van der Waals surface area contributed by atoms with E-state index in [1.54, 1.807) is 27.1 Å². The van der Waals surface area contributed by atoms with Crippen molar-refractivity contribution in [1.29, 1.82) is 0 Å². The van der Waals surface area contributed by atoms with E-state index in [2.05, 4.69) is 34.9 Å². The third kappa shape index (κ3) is 4.76. The van der Waals surface area contributed by atoms with Gasteiger partial charge in [-0.1, -0.05) is 41.9 Å². The van der Waals surface area contributed by atoms with E-state index < -0.39 is 5.60 Å². The molecule has 0 amide bonds. The van der Waals surface area contributed by atoms with Gasteiger partial charge in [0, 0.05) is 48.7 Å². The number of aliphatic hydroxyl groups is 1. The molecule has 4 aromatic rings. The lowest BCUT2D eigenvalue weighted by atomic mass is 9.86. The van der Waals surface area contributed by atoms with Crippen molar-refractivity contribution in [3.05, 3.63) is 82.1 Å². The second-order valence-electron chi connectivity index (χ2n) is 10.8. The Balaban J connectivity index is 1.91. The molecule has 0 bridgehead atoms. The van der Waals surface area contributed by atoms with Gasteiger partial charge in [0.2, 0.25) is 0 Å². The van der Waals surface area contributed by atoms with Crippen LogP contribution < -0.4 is 11.6 Å². The molecule has 1 saturated heterocycles. The summed E-state index contributed by atoms with van der Waals surface area (Å²) in [5.41, 5.74) is 12.0. The van der Waals surface area contributed by atoms with Gasteiger partial charge in [-0.05, 0) is 63.3 Å². The van der Waals surface area contributed by atoms with Crippen molar-refractivity contribution in [2.45, 2.75) is 45.3 Å². The minimum atomic E-state index is -1.05. The summed E-state index contributed by atoms with van der Waals surface area (Å²) in [4.78, 5) is 4.86. The van der Waals surface area contributed by atoms with Crippen molar-refractivity contribution in [1.82, 2.24) is 14.6 Å². The first-order valence-corrected chi connectivity index (χ1v) is 13.4. The van der Waals surface area contributed by atoms with E-state index in [1.807, 2.05) is 25.1 Å². The maximum Gasteiger partial charge on any atom is 0.0975 e. The first-order valence-electron chi connectivity index (χ1n) is 13.0. The molecule has 7 nitrogen and oxygen atoms in total. The number of aromatic nitrogens is 2. The molecule has 1 aliphatic rings. The third-order valence-electron chi connectivity index (χ3n) is 7.53. The zero-order valence-corrected chi connectivity index (χ0v) is 23.2. The highest BCUT2D eigenvalue weighted by Crippen LogP contribution is 2.43. The van der Waals surface area contributed by atoms with E-state index in [0.29, 0.717) is 22.3 Å². The summed E-state index contributed by atoms with van der Waals surface area (Å²) in [5, 5.41) is 13.8. The van der Waals surface area contributed by atoms with Gasteiger partial charge in [-0.15, -0.1) is 0 Å². The summed E-state index contributed by atoms with van der Waals surface area (Å²) in [7, 11) is 1.77. The summed E-state index contributed by atoms with van der Waals surface area (Å²) in [6.07, 6.45) is 3.61. The number of halogens is 1. The van der Waals surface area contributed by atoms with E-state index in [9.17, 15) is 5.11 Å². The maximum absolute atomic E-state index is 10.9. The monoisotopic (exact) mass is 533 g/mol. The average Bonchev–Trinajstić information content (AvgIpc) is 3.18. The van der Waals surface area contributed by atoms with E-state index >= 15 is 0 Å². The number of nitrogens with zero attached hydrogens (tertiary/aromatic N) is 3. The molecule has 200 valence electrons. The van der Waals surface area contributed by atoms with Gasteiger partial charge in [-0.2, -0.15) is 0 Å². The van der Waals surface area contributed by atoms with Crippen LogP contribution in [0.25, 0.3) is 27.6 Å². The Morgan fingerprint density at radius 2 is 1.84 bits per heavy atom. The number of pyridine rings is 1. The number of nitrogens with two attached hydrogens (primary N) is 2. The second-order valence-corrected chi connectivity index (χ2v) is 11.2. The van der Waals surface area contributed by atoms with E-state index in [-0.39, 0.29) is 6.04 Å². The van der Waals surface area contributed by atoms with Crippen molar-refractivity contribution in [3.63, 3.8) is 0 Å². The molecule has 3 heterocycles. The van der Waals surface area contributed by atoms with Crippen LogP contribution in [-0.2, 0) is 10.3 Å². The standard InChI is InChI=1S/C30H36ClN5O2/c1-18(32)28(35(4)33)21-14-23(31)26-24(15-21)36(25-16-22(30(2,3)37)17-34-27(25)26)29(19-8-6-5-7-9-19)20-10-12-38-13-11-20/h5-9,14-17,20,29,37H,10-13,32-33H2,1-4H3/b28-18-. The number of allylic oxidation sites excluding steroid dienone is 1. The molecule has 0 saturated carbocycles. The quantitative estimate of drug-likeness (QED) is 0.222. The molecule has 1 atom stereocenters. The summed E-state index contributed by atoms with van der Waals surface area (Å²) >= 11 is 7.03. The number of hydrogen-bond acceptors (Lipinski definition) is 6. The lowest BCUT2D eigenvalue weighted by Gasteiger charge is -2.33. The summed E-state index contributed by atoms with van der Waals surface area (Å²) < 4.78 is 8.10. The molecule has 1 unspecified atom stereocenters. The lowest BCUT2D eigenvalue weighted by Crippen LogP contribution is -2.27. The number of benzene rings is 2. The SMILES string of the molecule is C/C(N)=C(\c1cc(Cl)c2c3ncc(C(C)(C)O)cc3n(C(c3ccccc3)C3CCOCC3)c2c1)N(C)N. The predicted octanol–water partition coefficient (Wildman–Crippen LogP) is 5.54. The van der Waals surface area contributed by atoms with Crippen LogP contribution in [0.1, 0.15) is 56.3 Å². The van der Waals surface area contributed by atoms with Gasteiger partial charge in [0.05, 0.1) is 38.9 Å². The smallest absolute Gasteiger partial charge is 0.0975 e. The van der Waals surface area contributed by atoms with Crippen molar-refractivity contribution < 1.29 is 9.84 Å².